The third-order valence-corrected chi connectivity index (χ3v) is 4.69. The van der Waals surface area contributed by atoms with Gasteiger partial charge in [0.2, 0.25) is 5.91 Å². The monoisotopic (exact) mass is 380 g/mol. The second-order valence-corrected chi connectivity index (χ2v) is 6.87. The Hall–Kier alpha value is -2.86. The van der Waals surface area contributed by atoms with E-state index in [1.54, 1.807) is 7.11 Å². The maximum atomic E-state index is 12.0. The van der Waals surface area contributed by atoms with Crippen LogP contribution < -0.4 is 16.0 Å². The van der Waals surface area contributed by atoms with E-state index in [1.807, 2.05) is 37.3 Å². The zero-order valence-corrected chi connectivity index (χ0v) is 16.5. The van der Waals surface area contributed by atoms with Gasteiger partial charge in [0.25, 0.3) is 0 Å². The summed E-state index contributed by atoms with van der Waals surface area (Å²) < 4.78 is 5.20. The van der Waals surface area contributed by atoms with Gasteiger partial charge >= 0.3 is 0 Å². The molecule has 0 aromatic heterocycles. The van der Waals surface area contributed by atoms with Crippen LogP contribution in [0.1, 0.15) is 36.0 Å². The van der Waals surface area contributed by atoms with Crippen LogP contribution in [-0.2, 0) is 22.7 Å². The maximum Gasteiger partial charge on any atom is 0.225 e. The van der Waals surface area contributed by atoms with Crippen LogP contribution in [0.15, 0.2) is 53.5 Å². The summed E-state index contributed by atoms with van der Waals surface area (Å²) in [6, 6.07) is 16.2. The van der Waals surface area contributed by atoms with Gasteiger partial charge < -0.3 is 20.7 Å². The van der Waals surface area contributed by atoms with Gasteiger partial charge in [-0.3, -0.25) is 4.79 Å². The third-order valence-electron chi connectivity index (χ3n) is 4.69. The quantitative estimate of drug-likeness (QED) is 0.510. The molecule has 3 N–H and O–H groups in total. The molecular weight excluding hydrogens is 352 g/mol. The average molecular weight is 380 g/mol. The molecule has 1 atom stereocenters. The van der Waals surface area contributed by atoms with Crippen molar-refractivity contribution >= 4 is 17.6 Å². The fourth-order valence-corrected chi connectivity index (χ4v) is 3.40. The molecule has 0 aliphatic carbocycles. The Labute approximate surface area is 166 Å². The average Bonchev–Trinajstić information content (AvgIpc) is 2.70. The first kappa shape index (κ1) is 19.9. The number of hydrogen-bond donors (Lipinski definition) is 3. The van der Waals surface area contributed by atoms with Crippen molar-refractivity contribution in [2.75, 3.05) is 25.5 Å². The molecule has 1 aliphatic rings. The van der Waals surface area contributed by atoms with E-state index in [2.05, 4.69) is 34.1 Å². The Kier molecular flexibility index (Phi) is 7.03. The molecule has 28 heavy (non-hydrogen) atoms. The van der Waals surface area contributed by atoms with Crippen LogP contribution in [0.4, 0.5) is 5.69 Å². The van der Waals surface area contributed by atoms with Crippen LogP contribution in [0.5, 0.6) is 0 Å². The van der Waals surface area contributed by atoms with Crippen LogP contribution in [0.25, 0.3) is 0 Å². The zero-order chi connectivity index (χ0) is 19.8. The molecule has 148 valence electrons. The number of carbonyl (C=O) groups is 1. The normalized spacial score (nSPS) is 16.3. The smallest absolute Gasteiger partial charge is 0.225 e. The summed E-state index contributed by atoms with van der Waals surface area (Å²) in [7, 11) is 1.70. The van der Waals surface area contributed by atoms with Gasteiger partial charge in [-0.15, -0.1) is 0 Å². The molecule has 0 spiro atoms. The summed E-state index contributed by atoms with van der Waals surface area (Å²) in [4.78, 5) is 16.7. The van der Waals surface area contributed by atoms with Crippen LogP contribution in [0, 0.1) is 0 Å². The van der Waals surface area contributed by atoms with Crippen molar-refractivity contribution in [3.63, 3.8) is 0 Å². The summed E-state index contributed by atoms with van der Waals surface area (Å²) in [6.45, 7) is 4.64. The number of hydrogen-bond acceptors (Lipinski definition) is 3. The number of guanidine groups is 1. The number of nitrogens with zero attached hydrogens (tertiary/aromatic N) is 1. The number of benzene rings is 2. The van der Waals surface area contributed by atoms with Crippen LogP contribution in [0.3, 0.4) is 0 Å². The SMILES string of the molecule is CCNC(=NCc1cccc(COC)c1)NCC1CC(=O)Nc2ccccc21. The minimum absolute atomic E-state index is 0.0578. The van der Waals surface area contributed by atoms with Gasteiger partial charge in [-0.25, -0.2) is 4.99 Å². The van der Waals surface area contributed by atoms with Gasteiger partial charge in [0, 0.05) is 38.2 Å². The number of ether oxygens (including phenoxy) is 1. The highest BCUT2D eigenvalue weighted by atomic mass is 16.5. The van der Waals surface area contributed by atoms with Crippen molar-refractivity contribution in [3.05, 3.63) is 65.2 Å². The van der Waals surface area contributed by atoms with E-state index in [4.69, 9.17) is 9.73 Å². The lowest BCUT2D eigenvalue weighted by Crippen LogP contribution is -2.40. The molecule has 0 bridgehead atoms. The van der Waals surface area contributed by atoms with Crippen LogP contribution in [-0.4, -0.2) is 32.1 Å². The lowest BCUT2D eigenvalue weighted by Gasteiger charge is -2.26. The van der Waals surface area contributed by atoms with Gasteiger partial charge in [0.05, 0.1) is 13.2 Å². The Morgan fingerprint density at radius 3 is 2.82 bits per heavy atom. The van der Waals surface area contributed by atoms with Gasteiger partial charge in [0.1, 0.15) is 0 Å². The first-order valence-electron chi connectivity index (χ1n) is 9.67. The van der Waals surface area contributed by atoms with Crippen molar-refractivity contribution in [3.8, 4) is 0 Å². The molecule has 0 radical (unpaired) electrons. The number of carbonyl (C=O) groups excluding carboxylic acids is 1. The highest BCUT2D eigenvalue weighted by Gasteiger charge is 2.24. The molecule has 2 aromatic carbocycles. The van der Waals surface area contributed by atoms with E-state index >= 15 is 0 Å². The number of aliphatic imine (C=N–C) groups is 1. The number of methoxy groups -OCH3 is 1. The Morgan fingerprint density at radius 2 is 2.00 bits per heavy atom. The van der Waals surface area contributed by atoms with Crippen LogP contribution in [0.2, 0.25) is 0 Å². The number of nitrogens with one attached hydrogen (secondary N) is 3. The number of para-hydroxylation sites is 1. The number of fused-ring (bicyclic) bond motifs is 1. The second-order valence-electron chi connectivity index (χ2n) is 6.87. The van der Waals surface area contributed by atoms with Crippen molar-refractivity contribution in [1.29, 1.82) is 0 Å². The van der Waals surface area contributed by atoms with Crippen LogP contribution >= 0.6 is 0 Å². The van der Waals surface area contributed by atoms with E-state index < -0.39 is 0 Å². The zero-order valence-electron chi connectivity index (χ0n) is 16.5. The fourth-order valence-electron chi connectivity index (χ4n) is 3.40. The summed E-state index contributed by atoms with van der Waals surface area (Å²) >= 11 is 0. The Balaban J connectivity index is 1.66. The molecule has 6 nitrogen and oxygen atoms in total. The largest absolute Gasteiger partial charge is 0.380 e. The molecule has 6 heteroatoms. The lowest BCUT2D eigenvalue weighted by atomic mass is 9.90. The summed E-state index contributed by atoms with van der Waals surface area (Å²) in [5, 5.41) is 9.62. The summed E-state index contributed by atoms with van der Waals surface area (Å²) in [6.07, 6.45) is 0.475. The molecule has 0 saturated carbocycles. The van der Waals surface area contributed by atoms with Crippen molar-refractivity contribution in [2.24, 2.45) is 4.99 Å². The standard InChI is InChI=1S/C22H28N4O2/c1-3-23-22(24-13-16-7-6-8-17(11-16)15-28-2)25-14-18-12-21(27)26-20-10-5-4-9-19(18)20/h4-11,18H,3,12-15H2,1-2H3,(H,26,27)(H2,23,24,25). The van der Waals surface area contributed by atoms with E-state index in [1.165, 1.54) is 0 Å². The van der Waals surface area contributed by atoms with E-state index in [-0.39, 0.29) is 11.8 Å². The minimum atomic E-state index is 0.0578. The highest BCUT2D eigenvalue weighted by molar-refractivity contribution is 5.94. The topological polar surface area (TPSA) is 74.8 Å². The third kappa shape index (κ3) is 5.33. The van der Waals surface area contributed by atoms with Crippen molar-refractivity contribution in [1.82, 2.24) is 10.6 Å². The number of amides is 1. The molecular formula is C22H28N4O2. The highest BCUT2D eigenvalue weighted by Crippen LogP contribution is 2.31. The van der Waals surface area contributed by atoms with Crippen molar-refractivity contribution < 1.29 is 9.53 Å². The molecule has 1 heterocycles. The lowest BCUT2D eigenvalue weighted by molar-refractivity contribution is -0.116. The van der Waals surface area contributed by atoms with Gasteiger partial charge in [0.15, 0.2) is 5.96 Å². The molecule has 3 rings (SSSR count). The Morgan fingerprint density at radius 1 is 1.18 bits per heavy atom. The molecule has 1 aliphatic heterocycles. The van der Waals surface area contributed by atoms with Gasteiger partial charge in [-0.2, -0.15) is 0 Å². The first-order chi connectivity index (χ1) is 13.7. The van der Waals surface area contributed by atoms with E-state index in [0.717, 1.165) is 34.9 Å². The predicted molar refractivity (Wildman–Crippen MR) is 112 cm³/mol. The van der Waals surface area contributed by atoms with Crippen molar-refractivity contribution in [2.45, 2.75) is 32.4 Å². The maximum absolute atomic E-state index is 12.0. The molecule has 0 saturated heterocycles. The molecule has 1 unspecified atom stereocenters. The molecule has 0 fully saturated rings. The predicted octanol–water partition coefficient (Wildman–Crippen LogP) is 3.01. The Bertz CT molecular complexity index is 835. The van der Waals surface area contributed by atoms with E-state index in [9.17, 15) is 4.79 Å². The van der Waals surface area contributed by atoms with Gasteiger partial charge in [-0.1, -0.05) is 42.5 Å². The van der Waals surface area contributed by atoms with Gasteiger partial charge in [-0.05, 0) is 29.7 Å². The summed E-state index contributed by atoms with van der Waals surface area (Å²) in [5.74, 6) is 0.935. The fraction of sp³-hybridized carbons (Fsp3) is 0.364. The summed E-state index contributed by atoms with van der Waals surface area (Å²) in [5.41, 5.74) is 4.34. The second kappa shape index (κ2) is 9.90. The molecule has 1 amide bonds. The number of rotatable bonds is 7. The first-order valence-corrected chi connectivity index (χ1v) is 9.67. The number of anilines is 1. The van der Waals surface area contributed by atoms with E-state index in [0.29, 0.717) is 26.1 Å². The minimum Gasteiger partial charge on any atom is -0.380 e. The molecule has 2 aromatic rings.